The van der Waals surface area contributed by atoms with Gasteiger partial charge in [0.2, 0.25) is 0 Å². The molecule has 3 heteroatoms. The van der Waals surface area contributed by atoms with E-state index < -0.39 is 0 Å². The van der Waals surface area contributed by atoms with Gasteiger partial charge in [-0.2, -0.15) is 0 Å². The highest BCUT2D eigenvalue weighted by Crippen LogP contribution is 2.24. The van der Waals surface area contributed by atoms with E-state index in [1.165, 1.54) is 13.0 Å². The van der Waals surface area contributed by atoms with Crippen molar-refractivity contribution in [2.45, 2.75) is 6.92 Å². The lowest BCUT2D eigenvalue weighted by Crippen LogP contribution is -1.90. The molecule has 3 nitrogen and oxygen atoms in total. The maximum Gasteiger partial charge on any atom is 0.160 e. The standard InChI is InChI=1S/C13H10O3/c1-9(15)11-5-2-6-13-12(11)8-10(16-13)4-3-7-14/h2-8H,1H3/b4-3-. The number of ketones is 1. The third-order valence-corrected chi connectivity index (χ3v) is 2.30. The molecule has 1 heterocycles. The topological polar surface area (TPSA) is 47.3 Å². The molecule has 2 rings (SSSR count). The molecule has 0 unspecified atom stereocenters. The molecular formula is C13H10O3. The average Bonchev–Trinajstić information content (AvgIpc) is 2.68. The number of fused-ring (bicyclic) bond motifs is 1. The molecular weight excluding hydrogens is 204 g/mol. The van der Waals surface area contributed by atoms with Crippen LogP contribution in [0.3, 0.4) is 0 Å². The zero-order chi connectivity index (χ0) is 11.5. The van der Waals surface area contributed by atoms with Crippen LogP contribution in [0, 0.1) is 0 Å². The highest BCUT2D eigenvalue weighted by Gasteiger charge is 2.08. The van der Waals surface area contributed by atoms with Crippen molar-refractivity contribution in [3.05, 3.63) is 41.7 Å². The summed E-state index contributed by atoms with van der Waals surface area (Å²) in [7, 11) is 0. The van der Waals surface area contributed by atoms with Crippen LogP contribution in [0.15, 0.2) is 34.8 Å². The van der Waals surface area contributed by atoms with Crippen LogP contribution in [-0.2, 0) is 4.79 Å². The van der Waals surface area contributed by atoms with E-state index in [0.717, 1.165) is 5.39 Å². The predicted molar refractivity (Wildman–Crippen MR) is 61.3 cm³/mol. The molecule has 0 aliphatic carbocycles. The molecule has 0 radical (unpaired) electrons. The van der Waals surface area contributed by atoms with Crippen molar-refractivity contribution in [2.24, 2.45) is 0 Å². The fourth-order valence-corrected chi connectivity index (χ4v) is 1.60. The summed E-state index contributed by atoms with van der Waals surface area (Å²) in [4.78, 5) is 21.6. The number of furan rings is 1. The molecule has 0 atom stereocenters. The molecule has 0 amide bonds. The van der Waals surface area contributed by atoms with Crippen LogP contribution in [0.1, 0.15) is 23.0 Å². The monoisotopic (exact) mass is 214 g/mol. The number of benzene rings is 1. The van der Waals surface area contributed by atoms with Crippen molar-refractivity contribution >= 4 is 29.1 Å². The van der Waals surface area contributed by atoms with Crippen molar-refractivity contribution in [1.82, 2.24) is 0 Å². The number of carbonyl (C=O) groups excluding carboxylic acids is 2. The summed E-state index contributed by atoms with van der Waals surface area (Å²) in [5, 5.41) is 0.778. The molecule has 0 N–H and O–H groups in total. The molecule has 1 aromatic carbocycles. The maximum absolute atomic E-state index is 11.4. The lowest BCUT2D eigenvalue weighted by Gasteiger charge is -1.94. The Labute approximate surface area is 92.4 Å². The molecule has 0 saturated carbocycles. The van der Waals surface area contributed by atoms with E-state index in [2.05, 4.69) is 0 Å². The van der Waals surface area contributed by atoms with Gasteiger partial charge in [0, 0.05) is 10.9 Å². The molecule has 0 aliphatic rings. The van der Waals surface area contributed by atoms with Gasteiger partial charge in [-0.3, -0.25) is 9.59 Å². The van der Waals surface area contributed by atoms with Crippen molar-refractivity contribution in [1.29, 1.82) is 0 Å². The summed E-state index contributed by atoms with van der Waals surface area (Å²) < 4.78 is 5.46. The molecule has 0 spiro atoms. The summed E-state index contributed by atoms with van der Waals surface area (Å²) in [5.74, 6) is 0.563. The van der Waals surface area contributed by atoms with E-state index in [4.69, 9.17) is 4.42 Å². The Morgan fingerprint density at radius 2 is 2.19 bits per heavy atom. The molecule has 2 aromatic rings. The number of allylic oxidation sites excluding steroid dienone is 1. The smallest absolute Gasteiger partial charge is 0.160 e. The van der Waals surface area contributed by atoms with Crippen LogP contribution < -0.4 is 0 Å². The number of carbonyl (C=O) groups is 2. The van der Waals surface area contributed by atoms with E-state index in [1.807, 2.05) is 0 Å². The third kappa shape index (κ3) is 1.80. The Balaban J connectivity index is 2.61. The molecule has 0 saturated heterocycles. The first-order chi connectivity index (χ1) is 7.72. The number of rotatable bonds is 3. The number of hydrogen-bond acceptors (Lipinski definition) is 3. The highest BCUT2D eigenvalue weighted by molar-refractivity contribution is 6.06. The minimum Gasteiger partial charge on any atom is -0.457 e. The van der Waals surface area contributed by atoms with Crippen LogP contribution in [-0.4, -0.2) is 12.1 Å². The summed E-state index contributed by atoms with van der Waals surface area (Å²) in [6.07, 6.45) is 3.60. The van der Waals surface area contributed by atoms with Gasteiger partial charge in [0.1, 0.15) is 17.6 Å². The maximum atomic E-state index is 11.4. The SMILES string of the molecule is CC(=O)c1cccc2oc(/C=C\C=O)cc12. The number of Topliss-reactive ketones (excluding diaryl/α,β-unsaturated/α-hetero) is 1. The quantitative estimate of drug-likeness (QED) is 0.448. The predicted octanol–water partition coefficient (Wildman–Crippen LogP) is 2.85. The van der Waals surface area contributed by atoms with Gasteiger partial charge in [0.05, 0.1) is 0 Å². The van der Waals surface area contributed by atoms with E-state index >= 15 is 0 Å². The molecule has 0 bridgehead atoms. The van der Waals surface area contributed by atoms with Crippen molar-refractivity contribution < 1.29 is 14.0 Å². The fraction of sp³-hybridized carbons (Fsp3) is 0.0769. The van der Waals surface area contributed by atoms with Gasteiger partial charge >= 0.3 is 0 Å². The van der Waals surface area contributed by atoms with E-state index in [9.17, 15) is 9.59 Å². The zero-order valence-electron chi connectivity index (χ0n) is 8.77. The van der Waals surface area contributed by atoms with Crippen molar-refractivity contribution in [3.8, 4) is 0 Å². The van der Waals surface area contributed by atoms with E-state index in [0.29, 0.717) is 23.2 Å². The van der Waals surface area contributed by atoms with Crippen LogP contribution in [0.2, 0.25) is 0 Å². The Morgan fingerprint density at radius 3 is 2.88 bits per heavy atom. The Bertz CT molecular complexity index is 576. The number of hydrogen-bond donors (Lipinski definition) is 0. The van der Waals surface area contributed by atoms with Crippen LogP contribution in [0.4, 0.5) is 0 Å². The zero-order valence-corrected chi connectivity index (χ0v) is 8.77. The molecule has 0 fully saturated rings. The first kappa shape index (κ1) is 10.4. The molecule has 16 heavy (non-hydrogen) atoms. The second-order valence-corrected chi connectivity index (χ2v) is 3.42. The van der Waals surface area contributed by atoms with Crippen LogP contribution in [0.5, 0.6) is 0 Å². The van der Waals surface area contributed by atoms with Gasteiger partial charge in [-0.05, 0) is 31.2 Å². The lowest BCUT2D eigenvalue weighted by atomic mass is 10.1. The van der Waals surface area contributed by atoms with Crippen molar-refractivity contribution in [3.63, 3.8) is 0 Å². The normalized spacial score (nSPS) is 11.1. The molecule has 80 valence electrons. The van der Waals surface area contributed by atoms with E-state index in [1.54, 1.807) is 30.3 Å². The number of aldehydes is 1. The Morgan fingerprint density at radius 1 is 1.38 bits per heavy atom. The minimum absolute atomic E-state index is 0.00248. The first-order valence-electron chi connectivity index (χ1n) is 4.87. The fourth-order valence-electron chi connectivity index (χ4n) is 1.60. The van der Waals surface area contributed by atoms with Gasteiger partial charge < -0.3 is 4.42 Å². The third-order valence-electron chi connectivity index (χ3n) is 2.30. The molecule has 1 aromatic heterocycles. The van der Waals surface area contributed by atoms with Gasteiger partial charge in [-0.1, -0.05) is 12.1 Å². The average molecular weight is 214 g/mol. The summed E-state index contributed by atoms with van der Waals surface area (Å²) in [5.41, 5.74) is 1.28. The van der Waals surface area contributed by atoms with Gasteiger partial charge in [0.15, 0.2) is 5.78 Å². The second-order valence-electron chi connectivity index (χ2n) is 3.42. The van der Waals surface area contributed by atoms with Crippen molar-refractivity contribution in [2.75, 3.05) is 0 Å². The molecule has 0 aliphatic heterocycles. The minimum atomic E-state index is -0.00248. The largest absolute Gasteiger partial charge is 0.457 e. The Kier molecular flexibility index (Phi) is 2.68. The summed E-state index contributed by atoms with van der Waals surface area (Å²) in [6.45, 7) is 1.52. The van der Waals surface area contributed by atoms with Gasteiger partial charge in [0.25, 0.3) is 0 Å². The van der Waals surface area contributed by atoms with E-state index in [-0.39, 0.29) is 5.78 Å². The summed E-state index contributed by atoms with van der Waals surface area (Å²) >= 11 is 0. The summed E-state index contributed by atoms with van der Waals surface area (Å²) in [6, 6.07) is 7.08. The first-order valence-corrected chi connectivity index (χ1v) is 4.87. The highest BCUT2D eigenvalue weighted by atomic mass is 16.3. The van der Waals surface area contributed by atoms with Crippen LogP contribution >= 0.6 is 0 Å². The van der Waals surface area contributed by atoms with Gasteiger partial charge in [-0.25, -0.2) is 0 Å². The lowest BCUT2D eigenvalue weighted by molar-refractivity contribution is -0.104. The Hall–Kier alpha value is -2.16. The van der Waals surface area contributed by atoms with Gasteiger partial charge in [-0.15, -0.1) is 0 Å². The van der Waals surface area contributed by atoms with Crippen LogP contribution in [0.25, 0.3) is 17.0 Å². The second kappa shape index (κ2) is 4.14.